The Hall–Kier alpha value is -3.12. The van der Waals surface area contributed by atoms with Crippen LogP contribution in [0.15, 0.2) is 30.7 Å². The summed E-state index contributed by atoms with van der Waals surface area (Å²) in [4.78, 5) is 6.29. The van der Waals surface area contributed by atoms with Crippen LogP contribution in [0.1, 0.15) is 12.8 Å². The van der Waals surface area contributed by atoms with E-state index < -0.39 is 12.1 Å². The number of alkyl halides is 3. The standard InChI is InChI=1S/C20H23F3N6O3/c1-31-14-4-5-15(17(9-14)32-20(21,22)23)18-16-10-24-12-29(16)19(27-26-18)25-13-3-2-6-28(11-13)7-8-30/h4-5,9-10,12-13,30H,2-3,6-8,11H2,1H3,(H,25,27)/t13-/m1/s1. The summed E-state index contributed by atoms with van der Waals surface area (Å²) in [6, 6.07) is 4.21. The second kappa shape index (κ2) is 9.17. The van der Waals surface area contributed by atoms with E-state index in [-0.39, 0.29) is 29.7 Å². The van der Waals surface area contributed by atoms with Crippen molar-refractivity contribution in [1.82, 2.24) is 24.5 Å². The van der Waals surface area contributed by atoms with E-state index in [4.69, 9.17) is 4.74 Å². The van der Waals surface area contributed by atoms with Crippen LogP contribution in [0, 0.1) is 0 Å². The first-order valence-corrected chi connectivity index (χ1v) is 10.1. The number of aliphatic hydroxyl groups is 1. The largest absolute Gasteiger partial charge is 0.573 e. The molecule has 4 rings (SSSR count). The fourth-order valence-electron chi connectivity index (χ4n) is 3.86. The number of hydrogen-bond acceptors (Lipinski definition) is 8. The minimum atomic E-state index is -4.88. The number of halogens is 3. The van der Waals surface area contributed by atoms with E-state index in [1.807, 2.05) is 0 Å². The van der Waals surface area contributed by atoms with E-state index in [0.29, 0.717) is 18.0 Å². The lowest BCUT2D eigenvalue weighted by Gasteiger charge is -2.32. The lowest BCUT2D eigenvalue weighted by Crippen LogP contribution is -2.43. The number of nitrogens with zero attached hydrogens (tertiary/aromatic N) is 5. The van der Waals surface area contributed by atoms with Crippen LogP contribution in [-0.2, 0) is 0 Å². The molecule has 0 bridgehead atoms. The van der Waals surface area contributed by atoms with Gasteiger partial charge in [-0.1, -0.05) is 0 Å². The van der Waals surface area contributed by atoms with Crippen molar-refractivity contribution in [2.75, 3.05) is 38.7 Å². The number of imidazole rings is 1. The Morgan fingerprint density at radius 2 is 2.12 bits per heavy atom. The molecule has 3 heterocycles. The van der Waals surface area contributed by atoms with Crippen LogP contribution in [0.5, 0.6) is 11.5 Å². The Kier molecular flexibility index (Phi) is 6.33. The number of rotatable bonds is 7. The van der Waals surface area contributed by atoms with Crippen molar-refractivity contribution in [2.24, 2.45) is 0 Å². The van der Waals surface area contributed by atoms with Gasteiger partial charge in [-0.3, -0.25) is 9.30 Å². The van der Waals surface area contributed by atoms with E-state index >= 15 is 0 Å². The summed E-state index contributed by atoms with van der Waals surface area (Å²) in [5.74, 6) is 0.208. The number of aliphatic hydroxyl groups excluding tert-OH is 1. The zero-order valence-electron chi connectivity index (χ0n) is 17.3. The summed E-state index contributed by atoms with van der Waals surface area (Å²) in [5, 5.41) is 21.0. The van der Waals surface area contributed by atoms with Crippen molar-refractivity contribution < 1.29 is 27.8 Å². The zero-order chi connectivity index (χ0) is 22.7. The molecule has 1 aliphatic heterocycles. The number of aromatic nitrogens is 4. The van der Waals surface area contributed by atoms with E-state index in [1.165, 1.54) is 31.8 Å². The molecule has 3 aromatic rings. The van der Waals surface area contributed by atoms with Gasteiger partial charge in [0.2, 0.25) is 5.95 Å². The molecule has 9 nitrogen and oxygen atoms in total. The second-order valence-corrected chi connectivity index (χ2v) is 7.44. The third-order valence-corrected chi connectivity index (χ3v) is 5.28. The van der Waals surface area contributed by atoms with Gasteiger partial charge < -0.3 is 19.9 Å². The molecule has 1 aromatic carbocycles. The summed E-state index contributed by atoms with van der Waals surface area (Å²) in [6.07, 6.45) is 0.0472. The molecule has 0 spiro atoms. The van der Waals surface area contributed by atoms with E-state index in [0.717, 1.165) is 32.0 Å². The molecular weight excluding hydrogens is 429 g/mol. The SMILES string of the molecule is COc1ccc(-c2nnc(N[C@@H]3CCCN(CCO)C3)n3cncc23)c(OC(F)(F)F)c1. The molecule has 0 unspecified atom stereocenters. The number of hydrogen-bond donors (Lipinski definition) is 2. The van der Waals surface area contributed by atoms with Gasteiger partial charge in [0.05, 0.1) is 25.4 Å². The molecule has 2 N–H and O–H groups in total. The van der Waals surface area contributed by atoms with Crippen LogP contribution in [0.3, 0.4) is 0 Å². The fraction of sp³-hybridized carbons (Fsp3) is 0.450. The Bertz CT molecular complexity index is 1070. The van der Waals surface area contributed by atoms with Gasteiger partial charge in [0.15, 0.2) is 0 Å². The normalized spacial score (nSPS) is 17.5. The molecule has 1 fully saturated rings. The number of benzene rings is 1. The average molecular weight is 452 g/mol. The topological polar surface area (TPSA) is 97.0 Å². The molecule has 2 aromatic heterocycles. The highest BCUT2D eigenvalue weighted by Crippen LogP contribution is 2.37. The summed E-state index contributed by atoms with van der Waals surface area (Å²) >= 11 is 0. The van der Waals surface area contributed by atoms with Crippen LogP contribution >= 0.6 is 0 Å². The van der Waals surface area contributed by atoms with Gasteiger partial charge in [0, 0.05) is 30.8 Å². The first kappa shape index (κ1) is 22.1. The van der Waals surface area contributed by atoms with E-state index in [1.54, 1.807) is 4.40 Å². The lowest BCUT2D eigenvalue weighted by atomic mass is 10.1. The number of ether oxygens (including phenoxy) is 2. The summed E-state index contributed by atoms with van der Waals surface area (Å²) in [7, 11) is 1.36. The number of anilines is 1. The Balaban J connectivity index is 1.67. The van der Waals surface area contributed by atoms with Gasteiger partial charge in [-0.15, -0.1) is 23.4 Å². The molecule has 172 valence electrons. The first-order chi connectivity index (χ1) is 15.4. The van der Waals surface area contributed by atoms with Gasteiger partial charge in [0.25, 0.3) is 0 Å². The van der Waals surface area contributed by atoms with Crippen molar-refractivity contribution in [1.29, 1.82) is 0 Å². The third kappa shape index (κ3) is 4.86. The van der Waals surface area contributed by atoms with Crippen LogP contribution in [0.2, 0.25) is 0 Å². The van der Waals surface area contributed by atoms with Gasteiger partial charge in [-0.2, -0.15) is 0 Å². The Labute approximate surface area is 181 Å². The summed E-state index contributed by atoms with van der Waals surface area (Å²) in [6.45, 7) is 2.35. The van der Waals surface area contributed by atoms with Crippen LogP contribution in [0.25, 0.3) is 16.8 Å². The number of likely N-dealkylation sites (tertiary alicyclic amines) is 1. The maximum atomic E-state index is 13.0. The van der Waals surface area contributed by atoms with Gasteiger partial charge in [0.1, 0.15) is 23.5 Å². The molecule has 0 amide bonds. The first-order valence-electron chi connectivity index (χ1n) is 10.1. The van der Waals surface area contributed by atoms with Crippen LogP contribution in [-0.4, -0.2) is 75.3 Å². The monoisotopic (exact) mass is 452 g/mol. The number of methoxy groups -OCH3 is 1. The predicted molar refractivity (Wildman–Crippen MR) is 110 cm³/mol. The quantitative estimate of drug-likeness (QED) is 0.565. The van der Waals surface area contributed by atoms with Gasteiger partial charge in [-0.25, -0.2) is 4.98 Å². The maximum absolute atomic E-state index is 13.0. The molecule has 1 aliphatic rings. The lowest BCUT2D eigenvalue weighted by molar-refractivity contribution is -0.274. The van der Waals surface area contributed by atoms with Crippen molar-refractivity contribution in [3.05, 3.63) is 30.7 Å². The average Bonchev–Trinajstić information content (AvgIpc) is 3.24. The van der Waals surface area contributed by atoms with Gasteiger partial charge >= 0.3 is 6.36 Å². The number of piperidine rings is 1. The van der Waals surface area contributed by atoms with Gasteiger partial charge in [-0.05, 0) is 31.5 Å². The highest BCUT2D eigenvalue weighted by atomic mass is 19.4. The van der Waals surface area contributed by atoms with Crippen molar-refractivity contribution in [3.8, 4) is 22.8 Å². The minimum absolute atomic E-state index is 0.0890. The highest BCUT2D eigenvalue weighted by Gasteiger charge is 2.33. The molecule has 1 atom stereocenters. The molecule has 0 radical (unpaired) electrons. The third-order valence-electron chi connectivity index (χ3n) is 5.28. The molecule has 1 saturated heterocycles. The van der Waals surface area contributed by atoms with Crippen molar-refractivity contribution in [2.45, 2.75) is 25.2 Å². The van der Waals surface area contributed by atoms with Crippen molar-refractivity contribution >= 4 is 11.5 Å². The molecule has 0 saturated carbocycles. The molecule has 12 heteroatoms. The smallest absolute Gasteiger partial charge is 0.497 e. The molecular formula is C20H23F3N6O3. The molecule has 0 aliphatic carbocycles. The maximum Gasteiger partial charge on any atom is 0.573 e. The van der Waals surface area contributed by atoms with E-state index in [2.05, 4.69) is 30.1 Å². The summed E-state index contributed by atoms with van der Waals surface area (Å²) in [5.41, 5.74) is 0.780. The Morgan fingerprint density at radius 3 is 2.88 bits per heavy atom. The van der Waals surface area contributed by atoms with Crippen molar-refractivity contribution in [3.63, 3.8) is 0 Å². The van der Waals surface area contributed by atoms with E-state index in [9.17, 15) is 18.3 Å². The summed E-state index contributed by atoms with van der Waals surface area (Å²) < 4.78 is 49.9. The van der Waals surface area contributed by atoms with Crippen LogP contribution in [0.4, 0.5) is 19.1 Å². The fourth-order valence-corrected chi connectivity index (χ4v) is 3.86. The molecule has 32 heavy (non-hydrogen) atoms. The Morgan fingerprint density at radius 1 is 1.28 bits per heavy atom. The number of nitrogens with one attached hydrogen (secondary N) is 1. The zero-order valence-corrected chi connectivity index (χ0v) is 17.3. The number of fused-ring (bicyclic) bond motifs is 1. The van der Waals surface area contributed by atoms with Crippen LogP contribution < -0.4 is 14.8 Å². The highest BCUT2D eigenvalue weighted by molar-refractivity contribution is 5.81. The minimum Gasteiger partial charge on any atom is -0.497 e. The second-order valence-electron chi connectivity index (χ2n) is 7.44. The predicted octanol–water partition coefficient (Wildman–Crippen LogP) is 2.57. The number of β-amino-alcohol motifs (C(OH)–C–C–N with tert-alkyl or cyclic N) is 1.